The van der Waals surface area contributed by atoms with Crippen molar-refractivity contribution in [3.63, 3.8) is 0 Å². The van der Waals surface area contributed by atoms with Gasteiger partial charge in [0, 0.05) is 16.2 Å². The van der Waals surface area contributed by atoms with Gasteiger partial charge in [0.05, 0.1) is 30.7 Å². The van der Waals surface area contributed by atoms with Crippen molar-refractivity contribution in [3.05, 3.63) is 100 Å². The lowest BCUT2D eigenvalue weighted by molar-refractivity contribution is -0.123. The van der Waals surface area contributed by atoms with E-state index < -0.39 is 23.9 Å². The molecule has 3 aliphatic heterocycles. The summed E-state index contributed by atoms with van der Waals surface area (Å²) in [5.41, 5.74) is 2.94. The molecule has 0 saturated carbocycles. The first kappa shape index (κ1) is 21.8. The highest BCUT2D eigenvalue weighted by atomic mass is 79.9. The van der Waals surface area contributed by atoms with Crippen LogP contribution in [0.25, 0.3) is 6.08 Å². The average molecular weight is 529 g/mol. The zero-order valence-electron chi connectivity index (χ0n) is 18.8. The molecule has 0 aromatic heterocycles. The van der Waals surface area contributed by atoms with Crippen LogP contribution in [0.15, 0.2) is 83.5 Å². The number of fused-ring (bicyclic) bond motifs is 5. The average Bonchev–Trinajstić information content (AvgIpc) is 3.37. The number of hydrogen-bond acceptors (Lipinski definition) is 5. The smallest absolute Gasteiger partial charge is 0.240 e. The maximum Gasteiger partial charge on any atom is 0.240 e. The monoisotopic (exact) mass is 528 g/mol. The summed E-state index contributed by atoms with van der Waals surface area (Å²) in [6.45, 7) is 0. The topological polar surface area (TPSA) is 66.9 Å². The van der Waals surface area contributed by atoms with Crippen LogP contribution in [0.4, 0.5) is 5.69 Å². The predicted molar refractivity (Wildman–Crippen MR) is 135 cm³/mol. The predicted octanol–water partition coefficient (Wildman–Crippen LogP) is 4.86. The number of methoxy groups -OCH3 is 1. The molecule has 174 valence electrons. The minimum Gasteiger partial charge on any atom is -0.497 e. The Bertz CT molecular complexity index is 1380. The van der Waals surface area contributed by atoms with E-state index >= 15 is 0 Å². The molecule has 6 rings (SSSR count). The number of hydrogen-bond donors (Lipinski definition) is 0. The second-order valence-electron chi connectivity index (χ2n) is 8.91. The number of ketones is 1. The molecular weight excluding hydrogens is 508 g/mol. The quantitative estimate of drug-likeness (QED) is 0.357. The van der Waals surface area contributed by atoms with E-state index in [1.54, 1.807) is 55.6 Å². The Balaban J connectivity index is 1.47. The van der Waals surface area contributed by atoms with Crippen LogP contribution in [0.2, 0.25) is 0 Å². The van der Waals surface area contributed by atoms with Gasteiger partial charge in [-0.2, -0.15) is 0 Å². The van der Waals surface area contributed by atoms with E-state index in [-0.39, 0.29) is 17.6 Å². The largest absolute Gasteiger partial charge is 0.497 e. The standard InChI is InChI=1S/C28H21BrN2O4/c1-35-20-12-6-17(7-13-20)26(32)25-23-22(24-21-5-3-2-4-16(21)14-15-30(24)25)27(33)31(28(23)34)19-10-8-18(29)9-11-19/h2-15,22-25H,1H3/t22-,23+,24-,25-/m0/s1. The van der Waals surface area contributed by atoms with Crippen molar-refractivity contribution in [2.45, 2.75) is 12.1 Å². The van der Waals surface area contributed by atoms with E-state index in [1.807, 2.05) is 41.4 Å². The van der Waals surface area contributed by atoms with Crippen LogP contribution in [0.3, 0.4) is 0 Å². The third-order valence-corrected chi connectivity index (χ3v) is 7.72. The number of carbonyl (C=O) groups excluding carboxylic acids is 3. The SMILES string of the molecule is COc1ccc(C(=O)[C@@H]2[C@@H]3C(=O)N(c4ccc(Br)cc4)C(=O)[C@@H]3[C@@H]3c4ccccc4C=CN23)cc1. The van der Waals surface area contributed by atoms with Crippen molar-refractivity contribution in [1.29, 1.82) is 0 Å². The second kappa shape index (κ2) is 8.20. The van der Waals surface area contributed by atoms with Crippen molar-refractivity contribution >= 4 is 45.3 Å². The summed E-state index contributed by atoms with van der Waals surface area (Å²) in [6, 6.07) is 20.6. The highest BCUT2D eigenvalue weighted by molar-refractivity contribution is 9.10. The molecule has 3 aliphatic rings. The Morgan fingerprint density at radius 1 is 0.886 bits per heavy atom. The van der Waals surface area contributed by atoms with Gasteiger partial charge in [-0.1, -0.05) is 40.2 Å². The summed E-state index contributed by atoms with van der Waals surface area (Å²) >= 11 is 3.40. The minimum atomic E-state index is -0.792. The Morgan fingerprint density at radius 2 is 1.57 bits per heavy atom. The first-order valence-corrected chi connectivity index (χ1v) is 12.1. The zero-order valence-corrected chi connectivity index (χ0v) is 20.4. The summed E-state index contributed by atoms with van der Waals surface area (Å²) < 4.78 is 6.08. The summed E-state index contributed by atoms with van der Waals surface area (Å²) in [5, 5.41) is 0. The van der Waals surface area contributed by atoms with Gasteiger partial charge in [-0.05, 0) is 65.7 Å². The van der Waals surface area contributed by atoms with Gasteiger partial charge in [0.25, 0.3) is 0 Å². The molecular formula is C28H21BrN2O4. The molecule has 7 heteroatoms. The van der Waals surface area contributed by atoms with E-state index in [0.29, 0.717) is 17.0 Å². The van der Waals surface area contributed by atoms with Gasteiger partial charge < -0.3 is 9.64 Å². The molecule has 0 radical (unpaired) electrons. The van der Waals surface area contributed by atoms with E-state index in [0.717, 1.165) is 15.6 Å². The number of Topliss-reactive ketones (excluding diaryl/α,β-unsaturated/α-hetero) is 1. The van der Waals surface area contributed by atoms with Crippen LogP contribution in [0.5, 0.6) is 5.75 Å². The third-order valence-electron chi connectivity index (χ3n) is 7.19. The molecule has 4 atom stereocenters. The number of anilines is 1. The maximum absolute atomic E-state index is 13.9. The molecule has 2 fully saturated rings. The number of amides is 2. The highest BCUT2D eigenvalue weighted by Crippen LogP contribution is 2.53. The highest BCUT2D eigenvalue weighted by Gasteiger charge is 2.64. The van der Waals surface area contributed by atoms with Crippen molar-refractivity contribution in [2.75, 3.05) is 12.0 Å². The Morgan fingerprint density at radius 3 is 2.29 bits per heavy atom. The van der Waals surface area contributed by atoms with Crippen molar-refractivity contribution in [2.24, 2.45) is 11.8 Å². The molecule has 2 amide bonds. The fourth-order valence-electron chi connectivity index (χ4n) is 5.63. The Hall–Kier alpha value is -3.71. The third kappa shape index (κ3) is 3.26. The van der Waals surface area contributed by atoms with Crippen LogP contribution in [0, 0.1) is 11.8 Å². The van der Waals surface area contributed by atoms with Gasteiger partial charge >= 0.3 is 0 Å². The Labute approximate surface area is 210 Å². The van der Waals surface area contributed by atoms with Crippen LogP contribution in [-0.2, 0) is 9.59 Å². The number of rotatable bonds is 4. The summed E-state index contributed by atoms with van der Waals surface area (Å²) in [4.78, 5) is 44.8. The van der Waals surface area contributed by atoms with Gasteiger partial charge in [0.15, 0.2) is 5.78 Å². The lowest BCUT2D eigenvalue weighted by Crippen LogP contribution is -2.44. The summed E-state index contributed by atoms with van der Waals surface area (Å²) in [6.07, 6.45) is 3.81. The van der Waals surface area contributed by atoms with Gasteiger partial charge in [-0.25, -0.2) is 4.90 Å². The molecule has 0 spiro atoms. The molecule has 0 aliphatic carbocycles. The van der Waals surface area contributed by atoms with Crippen molar-refractivity contribution in [3.8, 4) is 5.75 Å². The lowest BCUT2D eigenvalue weighted by atomic mass is 9.83. The number of carbonyl (C=O) groups is 3. The zero-order chi connectivity index (χ0) is 24.3. The number of ether oxygens (including phenoxy) is 1. The molecule has 3 heterocycles. The van der Waals surface area contributed by atoms with Gasteiger partial charge in [0.1, 0.15) is 11.8 Å². The number of imide groups is 1. The van der Waals surface area contributed by atoms with Crippen LogP contribution >= 0.6 is 15.9 Å². The first-order valence-electron chi connectivity index (χ1n) is 11.4. The summed E-state index contributed by atoms with van der Waals surface area (Å²) in [7, 11) is 1.57. The molecule has 3 aromatic carbocycles. The molecule has 2 saturated heterocycles. The molecule has 0 N–H and O–H groups in total. The second-order valence-corrected chi connectivity index (χ2v) is 9.83. The van der Waals surface area contributed by atoms with Gasteiger partial charge in [-0.15, -0.1) is 0 Å². The molecule has 35 heavy (non-hydrogen) atoms. The van der Waals surface area contributed by atoms with Gasteiger partial charge in [-0.3, -0.25) is 14.4 Å². The molecule has 3 aromatic rings. The van der Waals surface area contributed by atoms with E-state index in [4.69, 9.17) is 4.74 Å². The fraction of sp³-hybridized carbons (Fsp3) is 0.179. The molecule has 0 unspecified atom stereocenters. The van der Waals surface area contributed by atoms with Crippen LogP contribution in [0.1, 0.15) is 27.5 Å². The van der Waals surface area contributed by atoms with Crippen LogP contribution < -0.4 is 9.64 Å². The fourth-order valence-corrected chi connectivity index (χ4v) is 5.89. The first-order chi connectivity index (χ1) is 17.0. The van der Waals surface area contributed by atoms with Gasteiger partial charge in [0.2, 0.25) is 11.8 Å². The molecule has 6 nitrogen and oxygen atoms in total. The number of nitrogens with zero attached hydrogens (tertiary/aromatic N) is 2. The number of benzene rings is 3. The van der Waals surface area contributed by atoms with Crippen molar-refractivity contribution in [1.82, 2.24) is 4.90 Å². The normalized spacial score (nSPS) is 24.3. The van der Waals surface area contributed by atoms with Crippen LogP contribution in [-0.4, -0.2) is 35.6 Å². The number of halogens is 1. The van der Waals surface area contributed by atoms with Crippen molar-refractivity contribution < 1.29 is 19.1 Å². The Kier molecular flexibility index (Phi) is 5.11. The minimum absolute atomic E-state index is 0.187. The van der Waals surface area contributed by atoms with E-state index in [9.17, 15) is 14.4 Å². The molecule has 0 bridgehead atoms. The maximum atomic E-state index is 13.9. The summed E-state index contributed by atoms with van der Waals surface area (Å²) in [5.74, 6) is -1.61. The van der Waals surface area contributed by atoms with E-state index in [2.05, 4.69) is 15.9 Å². The lowest BCUT2D eigenvalue weighted by Gasteiger charge is -2.35. The van der Waals surface area contributed by atoms with E-state index in [1.165, 1.54) is 4.90 Å².